The molecule has 1 aliphatic rings. The number of rotatable bonds is 8. The van der Waals surface area contributed by atoms with E-state index in [0.717, 1.165) is 11.3 Å². The predicted octanol–water partition coefficient (Wildman–Crippen LogP) is 0.872. The Morgan fingerprint density at radius 2 is 2.08 bits per heavy atom. The number of nitrogens with zero attached hydrogens (tertiary/aromatic N) is 2. The normalized spacial score (nSPS) is 17.6. The van der Waals surface area contributed by atoms with Gasteiger partial charge < -0.3 is 19.5 Å². The van der Waals surface area contributed by atoms with Crippen molar-refractivity contribution in [3.63, 3.8) is 0 Å². The van der Waals surface area contributed by atoms with E-state index in [1.165, 1.54) is 0 Å². The maximum atomic E-state index is 12.5. The number of carboxylic acids is 1. The lowest BCUT2D eigenvalue weighted by Gasteiger charge is -2.34. The van der Waals surface area contributed by atoms with Crippen LogP contribution in [0.15, 0.2) is 24.3 Å². The van der Waals surface area contributed by atoms with Crippen molar-refractivity contribution in [3.8, 4) is 5.75 Å². The molecule has 0 spiro atoms. The number of likely N-dealkylation sites (N-methyl/N-ethyl adjacent to an activating group) is 1. The first-order valence-corrected chi connectivity index (χ1v) is 8.49. The van der Waals surface area contributed by atoms with Gasteiger partial charge in [0.25, 0.3) is 0 Å². The van der Waals surface area contributed by atoms with E-state index in [4.69, 9.17) is 14.6 Å². The van der Waals surface area contributed by atoms with E-state index in [-0.39, 0.29) is 18.6 Å². The van der Waals surface area contributed by atoms with Gasteiger partial charge in [0, 0.05) is 19.6 Å². The molecule has 0 aromatic heterocycles. The summed E-state index contributed by atoms with van der Waals surface area (Å²) in [6, 6.07) is 7.55. The van der Waals surface area contributed by atoms with Crippen molar-refractivity contribution in [2.45, 2.75) is 19.4 Å². The number of carbonyl (C=O) groups excluding carboxylic acids is 1. The van der Waals surface area contributed by atoms with Crippen molar-refractivity contribution in [2.24, 2.45) is 0 Å². The molecular formula is C18H26N2O5. The second-order valence-corrected chi connectivity index (χ2v) is 6.18. The number of carboxylic acid groups (broad SMARTS) is 1. The maximum absolute atomic E-state index is 12.5. The first kappa shape index (κ1) is 19.2. The highest BCUT2D eigenvalue weighted by molar-refractivity contribution is 5.79. The average Bonchev–Trinajstić information content (AvgIpc) is 2.56. The number of morpholine rings is 1. The molecule has 1 heterocycles. The fraction of sp³-hybridized carbons (Fsp3) is 0.556. The molecule has 7 heteroatoms. The number of carbonyl (C=O) groups is 2. The summed E-state index contributed by atoms with van der Waals surface area (Å²) in [5, 5.41) is 8.81. The average molecular weight is 350 g/mol. The van der Waals surface area contributed by atoms with Crippen molar-refractivity contribution >= 4 is 11.9 Å². The second-order valence-electron chi connectivity index (χ2n) is 6.18. The molecule has 1 aromatic carbocycles. The second kappa shape index (κ2) is 9.39. The molecule has 0 saturated carbocycles. The highest BCUT2D eigenvalue weighted by Gasteiger charge is 2.25. The van der Waals surface area contributed by atoms with Crippen LogP contribution in [0, 0.1) is 0 Å². The van der Waals surface area contributed by atoms with Crippen LogP contribution in [0.2, 0.25) is 0 Å². The summed E-state index contributed by atoms with van der Waals surface area (Å²) in [4.78, 5) is 26.7. The van der Waals surface area contributed by atoms with E-state index in [9.17, 15) is 9.59 Å². The molecule has 1 N–H and O–H groups in total. The zero-order chi connectivity index (χ0) is 18.2. The molecule has 138 valence electrons. The van der Waals surface area contributed by atoms with Crippen LogP contribution in [-0.4, -0.2) is 79.3 Å². The van der Waals surface area contributed by atoms with Gasteiger partial charge >= 0.3 is 5.97 Å². The molecular weight excluding hydrogens is 324 g/mol. The van der Waals surface area contributed by atoms with E-state index in [1.54, 1.807) is 16.8 Å². The number of benzene rings is 1. The molecule has 1 amide bonds. The van der Waals surface area contributed by atoms with Gasteiger partial charge in [0.15, 0.2) is 0 Å². The Kier molecular flexibility index (Phi) is 7.21. The van der Waals surface area contributed by atoms with Gasteiger partial charge in [-0.1, -0.05) is 12.1 Å². The fourth-order valence-corrected chi connectivity index (χ4v) is 2.86. The van der Waals surface area contributed by atoms with Crippen LogP contribution in [0.5, 0.6) is 5.75 Å². The molecule has 1 atom stereocenters. The summed E-state index contributed by atoms with van der Waals surface area (Å²) in [7, 11) is 1.73. The Bertz CT molecular complexity index is 575. The van der Waals surface area contributed by atoms with E-state index >= 15 is 0 Å². The van der Waals surface area contributed by atoms with Gasteiger partial charge in [0.1, 0.15) is 5.75 Å². The molecule has 7 nitrogen and oxygen atoms in total. The molecule has 0 radical (unpaired) electrons. The lowest BCUT2D eigenvalue weighted by molar-refractivity contribution is -0.142. The summed E-state index contributed by atoms with van der Waals surface area (Å²) in [6.07, 6.45) is 0.173. The molecule has 2 rings (SSSR count). The van der Waals surface area contributed by atoms with Crippen LogP contribution in [0.4, 0.5) is 0 Å². The van der Waals surface area contributed by atoms with Crippen molar-refractivity contribution in [1.29, 1.82) is 0 Å². The van der Waals surface area contributed by atoms with E-state index in [0.29, 0.717) is 39.3 Å². The highest BCUT2D eigenvalue weighted by atomic mass is 16.5. The first-order valence-electron chi connectivity index (χ1n) is 8.49. The van der Waals surface area contributed by atoms with Crippen molar-refractivity contribution in [2.75, 3.05) is 46.4 Å². The largest absolute Gasteiger partial charge is 0.494 e. The summed E-state index contributed by atoms with van der Waals surface area (Å²) in [5.74, 6) is -0.0216. The summed E-state index contributed by atoms with van der Waals surface area (Å²) in [5.41, 5.74) is 0.944. The third-order valence-electron chi connectivity index (χ3n) is 4.00. The summed E-state index contributed by atoms with van der Waals surface area (Å²) >= 11 is 0. The fourth-order valence-electron chi connectivity index (χ4n) is 2.86. The van der Waals surface area contributed by atoms with Crippen LogP contribution in [-0.2, 0) is 20.7 Å². The highest BCUT2D eigenvalue weighted by Crippen LogP contribution is 2.14. The lowest BCUT2D eigenvalue weighted by atomic mass is 10.1. The number of amides is 1. The molecule has 1 saturated heterocycles. The minimum atomic E-state index is -0.873. The minimum absolute atomic E-state index is 0.0417. The molecule has 25 heavy (non-hydrogen) atoms. The molecule has 0 bridgehead atoms. The van der Waals surface area contributed by atoms with Crippen LogP contribution in [0.3, 0.4) is 0 Å². The van der Waals surface area contributed by atoms with Gasteiger partial charge in [0.05, 0.1) is 32.3 Å². The van der Waals surface area contributed by atoms with Crippen LogP contribution < -0.4 is 4.74 Å². The molecule has 0 unspecified atom stereocenters. The Labute approximate surface area is 148 Å². The third kappa shape index (κ3) is 6.36. The predicted molar refractivity (Wildman–Crippen MR) is 92.8 cm³/mol. The Hall–Kier alpha value is -2.12. The van der Waals surface area contributed by atoms with Crippen molar-refractivity contribution in [1.82, 2.24) is 9.80 Å². The van der Waals surface area contributed by atoms with Crippen molar-refractivity contribution < 1.29 is 24.2 Å². The minimum Gasteiger partial charge on any atom is -0.494 e. The molecule has 0 aliphatic carbocycles. The zero-order valence-corrected chi connectivity index (χ0v) is 14.8. The monoisotopic (exact) mass is 350 g/mol. The number of hydrogen-bond donors (Lipinski definition) is 1. The Morgan fingerprint density at radius 1 is 1.36 bits per heavy atom. The van der Waals surface area contributed by atoms with Crippen LogP contribution in [0.25, 0.3) is 0 Å². The van der Waals surface area contributed by atoms with Gasteiger partial charge in [-0.2, -0.15) is 0 Å². The molecule has 1 aliphatic heterocycles. The van der Waals surface area contributed by atoms with Gasteiger partial charge in [-0.15, -0.1) is 0 Å². The standard InChI is InChI=1S/C18H26N2O5/c1-3-24-15-6-4-14(5-7-15)10-17(21)20-8-9-25-16(12-20)11-19(2)13-18(22)23/h4-7,16H,3,8-13H2,1-2H3,(H,22,23)/t16-/m1/s1. The van der Waals surface area contributed by atoms with E-state index in [2.05, 4.69) is 0 Å². The van der Waals surface area contributed by atoms with Gasteiger partial charge in [0.2, 0.25) is 5.91 Å². The lowest BCUT2D eigenvalue weighted by Crippen LogP contribution is -2.50. The molecule has 1 fully saturated rings. The smallest absolute Gasteiger partial charge is 0.317 e. The topological polar surface area (TPSA) is 79.3 Å². The van der Waals surface area contributed by atoms with E-state index < -0.39 is 5.97 Å². The quantitative estimate of drug-likeness (QED) is 0.750. The van der Waals surface area contributed by atoms with Gasteiger partial charge in [-0.05, 0) is 31.7 Å². The maximum Gasteiger partial charge on any atom is 0.317 e. The van der Waals surface area contributed by atoms with E-state index in [1.807, 2.05) is 31.2 Å². The zero-order valence-electron chi connectivity index (χ0n) is 14.8. The third-order valence-corrected chi connectivity index (χ3v) is 4.00. The summed E-state index contributed by atoms with van der Waals surface area (Å²) in [6.45, 7) is 4.51. The van der Waals surface area contributed by atoms with Crippen LogP contribution >= 0.6 is 0 Å². The SMILES string of the molecule is CCOc1ccc(CC(=O)N2CCO[C@H](CN(C)CC(=O)O)C2)cc1. The van der Waals surface area contributed by atoms with Crippen LogP contribution in [0.1, 0.15) is 12.5 Å². The Balaban J connectivity index is 1.85. The molecule has 1 aromatic rings. The number of hydrogen-bond acceptors (Lipinski definition) is 5. The van der Waals surface area contributed by atoms with Gasteiger partial charge in [-0.25, -0.2) is 0 Å². The first-order chi connectivity index (χ1) is 12.0. The number of aliphatic carboxylic acids is 1. The Morgan fingerprint density at radius 3 is 2.72 bits per heavy atom. The summed E-state index contributed by atoms with van der Waals surface area (Å²) < 4.78 is 11.1. The van der Waals surface area contributed by atoms with Crippen molar-refractivity contribution in [3.05, 3.63) is 29.8 Å². The number of ether oxygens (including phenoxy) is 2. The van der Waals surface area contributed by atoms with Gasteiger partial charge in [-0.3, -0.25) is 14.5 Å².